The third-order valence-electron chi connectivity index (χ3n) is 5.35. The molecule has 2 aromatic rings. The second kappa shape index (κ2) is 10.9. The Morgan fingerprint density at radius 1 is 1.07 bits per heavy atom. The maximum atomic E-state index is 10.6. The molecule has 2 N–H and O–H groups in total. The number of hydrogen-bond donors (Lipinski definition) is 2. The van der Waals surface area contributed by atoms with Crippen molar-refractivity contribution in [3.63, 3.8) is 0 Å². The molecular formula is C25H35NO4. The number of benzene rings is 2. The topological polar surface area (TPSA) is 60.0 Å². The molecule has 1 fully saturated rings. The van der Waals surface area contributed by atoms with Gasteiger partial charge in [0.25, 0.3) is 0 Å². The summed E-state index contributed by atoms with van der Waals surface area (Å²) in [6, 6.07) is 17.7. The minimum absolute atomic E-state index is 0.0480. The monoisotopic (exact) mass is 413 g/mol. The summed E-state index contributed by atoms with van der Waals surface area (Å²) in [6.07, 6.45) is 1.12. The summed E-state index contributed by atoms with van der Waals surface area (Å²) in [5.41, 5.74) is 2.12. The third kappa shape index (κ3) is 7.10. The van der Waals surface area contributed by atoms with E-state index in [4.69, 9.17) is 14.2 Å². The van der Waals surface area contributed by atoms with E-state index in [0.717, 1.165) is 49.5 Å². The highest BCUT2D eigenvalue weighted by molar-refractivity contribution is 5.29. The predicted octanol–water partition coefficient (Wildman–Crippen LogP) is 4.46. The maximum absolute atomic E-state index is 10.6. The zero-order valence-corrected chi connectivity index (χ0v) is 18.3. The molecule has 1 heterocycles. The van der Waals surface area contributed by atoms with Gasteiger partial charge in [0.1, 0.15) is 12.4 Å². The zero-order chi connectivity index (χ0) is 21.4. The molecule has 0 aromatic heterocycles. The van der Waals surface area contributed by atoms with Crippen molar-refractivity contribution in [2.45, 2.75) is 58.7 Å². The standard InChI is InChI=1S/C25H35NO4/c1-19(26-15-7-10-23-29-17-25(2,3)18-30-23)24(27)21-11-13-22(14-12-21)28-16-20-8-5-4-6-9-20/h4-6,8-9,11-14,19,23-24,26-27H,7,10,15-18H2,1-3H3. The Labute approximate surface area is 180 Å². The molecule has 0 amide bonds. The molecule has 0 bridgehead atoms. The van der Waals surface area contributed by atoms with Crippen molar-refractivity contribution < 1.29 is 19.3 Å². The van der Waals surface area contributed by atoms with Gasteiger partial charge in [0.2, 0.25) is 0 Å². The number of hydrogen-bond acceptors (Lipinski definition) is 5. The van der Waals surface area contributed by atoms with Gasteiger partial charge in [-0.05, 0) is 49.6 Å². The van der Waals surface area contributed by atoms with Crippen LogP contribution < -0.4 is 10.1 Å². The van der Waals surface area contributed by atoms with E-state index in [1.54, 1.807) is 0 Å². The van der Waals surface area contributed by atoms with Gasteiger partial charge in [-0.3, -0.25) is 0 Å². The molecule has 0 saturated carbocycles. The number of aliphatic hydroxyl groups is 1. The van der Waals surface area contributed by atoms with E-state index in [0.29, 0.717) is 6.61 Å². The van der Waals surface area contributed by atoms with E-state index >= 15 is 0 Å². The van der Waals surface area contributed by atoms with E-state index < -0.39 is 6.10 Å². The molecule has 2 aromatic carbocycles. The van der Waals surface area contributed by atoms with Crippen molar-refractivity contribution in [1.82, 2.24) is 5.32 Å². The van der Waals surface area contributed by atoms with Gasteiger partial charge < -0.3 is 24.6 Å². The van der Waals surface area contributed by atoms with E-state index in [9.17, 15) is 5.11 Å². The van der Waals surface area contributed by atoms with Crippen molar-refractivity contribution in [2.24, 2.45) is 5.41 Å². The first-order chi connectivity index (χ1) is 14.4. The average Bonchev–Trinajstić information content (AvgIpc) is 2.76. The quantitative estimate of drug-likeness (QED) is 0.563. The lowest BCUT2D eigenvalue weighted by Crippen LogP contribution is -2.38. The molecule has 2 atom stereocenters. The minimum Gasteiger partial charge on any atom is -0.489 e. The molecule has 2 unspecified atom stereocenters. The smallest absolute Gasteiger partial charge is 0.157 e. The molecule has 5 nitrogen and oxygen atoms in total. The van der Waals surface area contributed by atoms with Gasteiger partial charge in [-0.2, -0.15) is 0 Å². The number of rotatable bonds is 10. The molecule has 5 heteroatoms. The largest absolute Gasteiger partial charge is 0.489 e. The van der Waals surface area contributed by atoms with Crippen LogP contribution in [0.5, 0.6) is 5.75 Å². The molecule has 164 valence electrons. The van der Waals surface area contributed by atoms with Gasteiger partial charge in [-0.15, -0.1) is 0 Å². The Kier molecular flexibility index (Phi) is 8.28. The van der Waals surface area contributed by atoms with Gasteiger partial charge in [-0.25, -0.2) is 0 Å². The average molecular weight is 414 g/mol. The van der Waals surface area contributed by atoms with Crippen LogP contribution in [0.2, 0.25) is 0 Å². The molecule has 1 aliphatic rings. The van der Waals surface area contributed by atoms with Crippen molar-refractivity contribution in [2.75, 3.05) is 19.8 Å². The molecule has 0 radical (unpaired) electrons. The normalized spacial score (nSPS) is 18.7. The summed E-state index contributed by atoms with van der Waals surface area (Å²) in [4.78, 5) is 0. The first-order valence-electron chi connectivity index (χ1n) is 10.8. The molecule has 1 saturated heterocycles. The van der Waals surface area contributed by atoms with Crippen LogP contribution in [0.3, 0.4) is 0 Å². The Morgan fingerprint density at radius 2 is 1.73 bits per heavy atom. The van der Waals surface area contributed by atoms with Crippen LogP contribution in [0.1, 0.15) is 50.8 Å². The third-order valence-corrected chi connectivity index (χ3v) is 5.35. The number of aliphatic hydroxyl groups excluding tert-OH is 1. The highest BCUT2D eigenvalue weighted by Crippen LogP contribution is 2.25. The lowest BCUT2D eigenvalue weighted by Gasteiger charge is -2.34. The van der Waals surface area contributed by atoms with Crippen LogP contribution in [0.15, 0.2) is 54.6 Å². The Hall–Kier alpha value is -1.92. The molecular weight excluding hydrogens is 378 g/mol. The Balaban J connectivity index is 1.36. The van der Waals surface area contributed by atoms with Gasteiger partial charge in [0.15, 0.2) is 6.29 Å². The summed E-state index contributed by atoms with van der Waals surface area (Å²) in [5, 5.41) is 14.0. The second-order valence-corrected chi connectivity index (χ2v) is 8.89. The van der Waals surface area contributed by atoms with Crippen LogP contribution in [-0.4, -0.2) is 37.2 Å². The second-order valence-electron chi connectivity index (χ2n) is 8.89. The van der Waals surface area contributed by atoms with Gasteiger partial charge >= 0.3 is 0 Å². The molecule has 1 aliphatic heterocycles. The minimum atomic E-state index is -0.573. The Bertz CT molecular complexity index is 738. The van der Waals surface area contributed by atoms with Gasteiger partial charge in [0.05, 0.1) is 19.3 Å². The van der Waals surface area contributed by atoms with Crippen molar-refractivity contribution in [3.8, 4) is 5.75 Å². The van der Waals surface area contributed by atoms with Crippen molar-refractivity contribution in [1.29, 1.82) is 0 Å². The highest BCUT2D eigenvalue weighted by Gasteiger charge is 2.27. The summed E-state index contributed by atoms with van der Waals surface area (Å²) < 4.78 is 17.3. The lowest BCUT2D eigenvalue weighted by molar-refractivity contribution is -0.223. The maximum Gasteiger partial charge on any atom is 0.157 e. The number of ether oxygens (including phenoxy) is 3. The van der Waals surface area contributed by atoms with E-state index in [1.807, 2.05) is 61.5 Å². The molecule has 30 heavy (non-hydrogen) atoms. The highest BCUT2D eigenvalue weighted by atomic mass is 16.7. The van der Waals surface area contributed by atoms with Crippen LogP contribution in [0, 0.1) is 5.41 Å². The van der Waals surface area contributed by atoms with Crippen molar-refractivity contribution in [3.05, 3.63) is 65.7 Å². The van der Waals surface area contributed by atoms with E-state index in [-0.39, 0.29) is 17.7 Å². The first kappa shape index (κ1) is 22.8. The van der Waals surface area contributed by atoms with Crippen LogP contribution >= 0.6 is 0 Å². The number of nitrogens with one attached hydrogen (secondary N) is 1. The van der Waals surface area contributed by atoms with Gasteiger partial charge in [0, 0.05) is 11.5 Å². The van der Waals surface area contributed by atoms with Gasteiger partial charge in [-0.1, -0.05) is 56.3 Å². The SMILES string of the molecule is CC(NCCCC1OCC(C)(C)CO1)C(O)c1ccc(OCc2ccccc2)cc1. The molecule has 3 rings (SSSR count). The van der Waals surface area contributed by atoms with Crippen LogP contribution in [-0.2, 0) is 16.1 Å². The van der Waals surface area contributed by atoms with Crippen molar-refractivity contribution >= 4 is 0 Å². The molecule has 0 spiro atoms. The summed E-state index contributed by atoms with van der Waals surface area (Å²) in [5.74, 6) is 0.797. The lowest BCUT2D eigenvalue weighted by atomic mass is 9.95. The van der Waals surface area contributed by atoms with E-state index in [2.05, 4.69) is 19.2 Å². The first-order valence-corrected chi connectivity index (χ1v) is 10.8. The Morgan fingerprint density at radius 3 is 2.40 bits per heavy atom. The summed E-state index contributed by atoms with van der Waals surface area (Å²) >= 11 is 0. The fraction of sp³-hybridized carbons (Fsp3) is 0.520. The van der Waals surface area contributed by atoms with Crippen LogP contribution in [0.25, 0.3) is 0 Å². The molecule has 0 aliphatic carbocycles. The predicted molar refractivity (Wildman–Crippen MR) is 118 cm³/mol. The van der Waals surface area contributed by atoms with Crippen LogP contribution in [0.4, 0.5) is 0 Å². The summed E-state index contributed by atoms with van der Waals surface area (Å²) in [7, 11) is 0. The fourth-order valence-electron chi connectivity index (χ4n) is 3.39. The summed E-state index contributed by atoms with van der Waals surface area (Å²) in [6.45, 7) is 9.12. The fourth-order valence-corrected chi connectivity index (χ4v) is 3.39. The van der Waals surface area contributed by atoms with E-state index in [1.165, 1.54) is 0 Å². The zero-order valence-electron chi connectivity index (χ0n) is 18.3.